The SMILES string of the molecule is COc1cccc2c1[nH]c(=O)n2-c1cccc(F)c1. The Balaban J connectivity index is 2.36. The second-order valence-electron chi connectivity index (χ2n) is 4.10. The van der Waals surface area contributed by atoms with Crippen LogP contribution < -0.4 is 10.4 Å². The number of halogens is 1. The van der Waals surface area contributed by atoms with E-state index >= 15 is 0 Å². The number of hydrogen-bond donors (Lipinski definition) is 1. The number of methoxy groups -OCH3 is 1. The van der Waals surface area contributed by atoms with Crippen LogP contribution in [0.1, 0.15) is 0 Å². The highest BCUT2D eigenvalue weighted by atomic mass is 19.1. The van der Waals surface area contributed by atoms with E-state index in [2.05, 4.69) is 4.98 Å². The third kappa shape index (κ3) is 1.79. The highest BCUT2D eigenvalue weighted by Crippen LogP contribution is 2.24. The number of nitrogens with zero attached hydrogens (tertiary/aromatic N) is 1. The van der Waals surface area contributed by atoms with Gasteiger partial charge in [0.25, 0.3) is 0 Å². The number of imidazole rings is 1. The van der Waals surface area contributed by atoms with Gasteiger partial charge in [-0.25, -0.2) is 9.18 Å². The van der Waals surface area contributed by atoms with E-state index in [1.807, 2.05) is 0 Å². The van der Waals surface area contributed by atoms with Crippen LogP contribution in [0.5, 0.6) is 5.75 Å². The summed E-state index contributed by atoms with van der Waals surface area (Å²) in [5.41, 5.74) is 1.39. The first-order chi connectivity index (χ1) is 9.20. The fourth-order valence-corrected chi connectivity index (χ4v) is 2.15. The summed E-state index contributed by atoms with van der Waals surface area (Å²) in [5, 5.41) is 0. The topological polar surface area (TPSA) is 47.0 Å². The molecule has 5 heteroatoms. The molecule has 0 aliphatic rings. The Morgan fingerprint density at radius 2 is 2.00 bits per heavy atom. The van der Waals surface area contributed by atoms with Crippen LogP contribution in [0.4, 0.5) is 4.39 Å². The van der Waals surface area contributed by atoms with Gasteiger partial charge in [-0.05, 0) is 30.3 Å². The number of fused-ring (bicyclic) bond motifs is 1. The van der Waals surface area contributed by atoms with Crippen LogP contribution in [0.15, 0.2) is 47.3 Å². The van der Waals surface area contributed by atoms with Crippen molar-refractivity contribution in [1.29, 1.82) is 0 Å². The normalized spacial score (nSPS) is 10.8. The lowest BCUT2D eigenvalue weighted by Gasteiger charge is -2.04. The van der Waals surface area contributed by atoms with Crippen molar-refractivity contribution in [2.75, 3.05) is 7.11 Å². The van der Waals surface area contributed by atoms with Crippen LogP contribution in [0, 0.1) is 5.82 Å². The molecule has 96 valence electrons. The lowest BCUT2D eigenvalue weighted by molar-refractivity contribution is 0.419. The van der Waals surface area contributed by atoms with Crippen molar-refractivity contribution in [2.45, 2.75) is 0 Å². The molecule has 0 radical (unpaired) electrons. The third-order valence-corrected chi connectivity index (χ3v) is 2.97. The average Bonchev–Trinajstić information content (AvgIpc) is 2.74. The molecule has 0 aliphatic carbocycles. The smallest absolute Gasteiger partial charge is 0.331 e. The molecule has 2 aromatic carbocycles. The summed E-state index contributed by atoms with van der Waals surface area (Å²) in [6, 6.07) is 11.2. The largest absolute Gasteiger partial charge is 0.494 e. The maximum absolute atomic E-state index is 13.3. The van der Waals surface area contributed by atoms with E-state index in [1.165, 1.54) is 23.8 Å². The molecule has 0 amide bonds. The van der Waals surface area contributed by atoms with E-state index in [4.69, 9.17) is 4.74 Å². The first kappa shape index (κ1) is 11.5. The zero-order valence-corrected chi connectivity index (χ0v) is 10.2. The molecular weight excluding hydrogens is 247 g/mol. The van der Waals surface area contributed by atoms with Gasteiger partial charge in [0.2, 0.25) is 0 Å². The van der Waals surface area contributed by atoms with Gasteiger partial charge in [0.1, 0.15) is 17.1 Å². The van der Waals surface area contributed by atoms with E-state index in [0.29, 0.717) is 22.5 Å². The molecule has 1 N–H and O–H groups in total. The Kier molecular flexibility index (Phi) is 2.59. The second-order valence-corrected chi connectivity index (χ2v) is 4.10. The van der Waals surface area contributed by atoms with Crippen molar-refractivity contribution in [3.05, 3.63) is 58.8 Å². The van der Waals surface area contributed by atoms with Gasteiger partial charge in [-0.15, -0.1) is 0 Å². The van der Waals surface area contributed by atoms with Crippen molar-refractivity contribution in [3.8, 4) is 11.4 Å². The summed E-state index contributed by atoms with van der Waals surface area (Å²) in [5.74, 6) is 0.186. The van der Waals surface area contributed by atoms with Crippen LogP contribution in [0.3, 0.4) is 0 Å². The predicted octanol–water partition coefficient (Wildman–Crippen LogP) is 2.47. The molecule has 0 atom stereocenters. The Hall–Kier alpha value is -2.56. The molecule has 0 unspecified atom stereocenters. The predicted molar refractivity (Wildman–Crippen MR) is 70.4 cm³/mol. The number of benzene rings is 2. The summed E-state index contributed by atoms with van der Waals surface area (Å²) in [6.07, 6.45) is 0. The monoisotopic (exact) mass is 258 g/mol. The molecular formula is C14H11FN2O2. The third-order valence-electron chi connectivity index (χ3n) is 2.97. The van der Waals surface area contributed by atoms with Crippen LogP contribution in [0.25, 0.3) is 16.7 Å². The number of H-pyrrole nitrogens is 1. The summed E-state index contributed by atoms with van der Waals surface area (Å²) >= 11 is 0. The van der Waals surface area contributed by atoms with Gasteiger partial charge in [0, 0.05) is 0 Å². The summed E-state index contributed by atoms with van der Waals surface area (Å²) in [4.78, 5) is 14.8. The Morgan fingerprint density at radius 3 is 2.74 bits per heavy atom. The van der Waals surface area contributed by atoms with Gasteiger partial charge in [-0.1, -0.05) is 12.1 Å². The number of nitrogens with one attached hydrogen (secondary N) is 1. The first-order valence-electron chi connectivity index (χ1n) is 5.74. The lowest BCUT2D eigenvalue weighted by atomic mass is 10.2. The highest BCUT2D eigenvalue weighted by Gasteiger charge is 2.12. The molecule has 19 heavy (non-hydrogen) atoms. The number of rotatable bonds is 2. The van der Waals surface area contributed by atoms with Gasteiger partial charge < -0.3 is 9.72 Å². The van der Waals surface area contributed by atoms with Crippen molar-refractivity contribution in [2.24, 2.45) is 0 Å². The minimum Gasteiger partial charge on any atom is -0.494 e. The first-order valence-corrected chi connectivity index (χ1v) is 5.74. The maximum Gasteiger partial charge on any atom is 0.331 e. The van der Waals surface area contributed by atoms with Crippen LogP contribution in [0.2, 0.25) is 0 Å². The fourth-order valence-electron chi connectivity index (χ4n) is 2.15. The Morgan fingerprint density at radius 1 is 1.21 bits per heavy atom. The number of aromatic nitrogens is 2. The molecule has 0 fully saturated rings. The summed E-state index contributed by atoms with van der Waals surface area (Å²) in [7, 11) is 1.53. The second kappa shape index (κ2) is 4.28. The van der Waals surface area contributed by atoms with Gasteiger partial charge >= 0.3 is 5.69 Å². The molecule has 3 aromatic rings. The lowest BCUT2D eigenvalue weighted by Crippen LogP contribution is -2.14. The zero-order chi connectivity index (χ0) is 13.4. The molecule has 3 rings (SSSR count). The van der Waals surface area contributed by atoms with Crippen LogP contribution >= 0.6 is 0 Å². The van der Waals surface area contributed by atoms with Crippen LogP contribution in [-0.4, -0.2) is 16.7 Å². The molecule has 0 spiro atoms. The number of para-hydroxylation sites is 1. The molecule has 1 heterocycles. The van der Waals surface area contributed by atoms with Gasteiger partial charge in [0.05, 0.1) is 18.3 Å². The maximum atomic E-state index is 13.3. The van der Waals surface area contributed by atoms with E-state index in [0.717, 1.165) is 0 Å². The molecule has 0 saturated heterocycles. The minimum atomic E-state index is -0.387. The standard InChI is InChI=1S/C14H11FN2O2/c1-19-12-7-3-6-11-13(12)16-14(18)17(11)10-5-2-4-9(15)8-10/h2-8H,1H3,(H,16,18). The van der Waals surface area contributed by atoms with E-state index in [9.17, 15) is 9.18 Å². The van der Waals surface area contributed by atoms with E-state index < -0.39 is 0 Å². The quantitative estimate of drug-likeness (QED) is 0.767. The van der Waals surface area contributed by atoms with Crippen molar-refractivity contribution < 1.29 is 9.13 Å². The molecule has 0 aliphatic heterocycles. The van der Waals surface area contributed by atoms with E-state index in [-0.39, 0.29) is 11.5 Å². The fraction of sp³-hybridized carbons (Fsp3) is 0.0714. The summed E-state index contributed by atoms with van der Waals surface area (Å²) < 4.78 is 19.9. The zero-order valence-electron chi connectivity index (χ0n) is 10.2. The van der Waals surface area contributed by atoms with Gasteiger partial charge in [0.15, 0.2) is 0 Å². The molecule has 1 aromatic heterocycles. The van der Waals surface area contributed by atoms with Gasteiger partial charge in [-0.3, -0.25) is 4.57 Å². The molecule has 4 nitrogen and oxygen atoms in total. The minimum absolute atomic E-state index is 0.329. The molecule has 0 saturated carbocycles. The average molecular weight is 258 g/mol. The highest BCUT2D eigenvalue weighted by molar-refractivity contribution is 5.83. The number of aromatic amines is 1. The van der Waals surface area contributed by atoms with Crippen molar-refractivity contribution >= 4 is 11.0 Å². The number of ether oxygens (including phenoxy) is 1. The Bertz CT molecular complexity index is 805. The van der Waals surface area contributed by atoms with Crippen LogP contribution in [-0.2, 0) is 0 Å². The number of hydrogen-bond acceptors (Lipinski definition) is 2. The van der Waals surface area contributed by atoms with Crippen molar-refractivity contribution in [3.63, 3.8) is 0 Å². The summed E-state index contributed by atoms with van der Waals surface area (Å²) in [6.45, 7) is 0. The van der Waals surface area contributed by atoms with E-state index in [1.54, 1.807) is 30.3 Å². The molecule has 0 bridgehead atoms. The Labute approximate surface area is 108 Å². The van der Waals surface area contributed by atoms with Gasteiger partial charge in [-0.2, -0.15) is 0 Å². The van der Waals surface area contributed by atoms with Crippen molar-refractivity contribution in [1.82, 2.24) is 9.55 Å².